The molecule has 2 atom stereocenters. The van der Waals surface area contributed by atoms with Gasteiger partial charge in [-0.1, -0.05) is 12.1 Å². The molecule has 1 aromatic rings. The van der Waals surface area contributed by atoms with Gasteiger partial charge in [0.2, 0.25) is 5.91 Å². The number of nitrogens with zero attached hydrogens (tertiary/aromatic N) is 1. The third-order valence-corrected chi connectivity index (χ3v) is 4.64. The minimum Gasteiger partial charge on any atom is -0.326 e. The van der Waals surface area contributed by atoms with Crippen LogP contribution in [0.4, 0.5) is 5.69 Å². The zero-order valence-corrected chi connectivity index (χ0v) is 12.8. The van der Waals surface area contributed by atoms with Crippen molar-refractivity contribution in [3.05, 3.63) is 29.8 Å². The van der Waals surface area contributed by atoms with Crippen LogP contribution in [0.15, 0.2) is 24.3 Å². The number of likely N-dealkylation sites (tertiary alicyclic amines) is 1. The van der Waals surface area contributed by atoms with Gasteiger partial charge in [-0.3, -0.25) is 9.69 Å². The van der Waals surface area contributed by atoms with Gasteiger partial charge in [-0.25, -0.2) is 0 Å². The lowest BCUT2D eigenvalue weighted by Crippen LogP contribution is -2.43. The standard InChI is InChI=1S/C17H25N3O/c1-13(21)19-15-8-6-14(7-9-15)12-20-11-3-5-17(20)16-4-2-10-18-16/h6-9,16-18H,2-5,10-12H2,1H3,(H,19,21). The number of nitrogens with one attached hydrogen (secondary N) is 2. The zero-order chi connectivity index (χ0) is 14.7. The Labute approximate surface area is 126 Å². The Morgan fingerprint density at radius 2 is 2.10 bits per heavy atom. The fraction of sp³-hybridized carbons (Fsp3) is 0.588. The molecule has 1 aromatic carbocycles. The van der Waals surface area contributed by atoms with Crippen LogP contribution < -0.4 is 10.6 Å². The molecule has 2 unspecified atom stereocenters. The van der Waals surface area contributed by atoms with Crippen LogP contribution in [-0.2, 0) is 11.3 Å². The van der Waals surface area contributed by atoms with E-state index in [4.69, 9.17) is 0 Å². The lowest BCUT2D eigenvalue weighted by atomic mass is 10.0. The van der Waals surface area contributed by atoms with E-state index in [2.05, 4.69) is 27.7 Å². The van der Waals surface area contributed by atoms with E-state index in [1.165, 1.54) is 51.3 Å². The third-order valence-electron chi connectivity index (χ3n) is 4.64. The fourth-order valence-electron chi connectivity index (χ4n) is 3.68. The first kappa shape index (κ1) is 14.5. The minimum absolute atomic E-state index is 0.0188. The van der Waals surface area contributed by atoms with Gasteiger partial charge in [0.05, 0.1) is 0 Å². The lowest BCUT2D eigenvalue weighted by Gasteiger charge is -2.29. The molecular formula is C17H25N3O. The van der Waals surface area contributed by atoms with Crippen LogP contribution in [0.25, 0.3) is 0 Å². The van der Waals surface area contributed by atoms with Crippen LogP contribution in [0.3, 0.4) is 0 Å². The molecule has 2 aliphatic rings. The number of rotatable bonds is 4. The normalized spacial score (nSPS) is 26.1. The summed E-state index contributed by atoms with van der Waals surface area (Å²) < 4.78 is 0. The molecule has 0 bridgehead atoms. The first-order chi connectivity index (χ1) is 10.2. The molecule has 0 spiro atoms. The van der Waals surface area contributed by atoms with E-state index < -0.39 is 0 Å². The highest BCUT2D eigenvalue weighted by atomic mass is 16.1. The molecule has 21 heavy (non-hydrogen) atoms. The van der Waals surface area contributed by atoms with Gasteiger partial charge in [-0.05, 0) is 56.5 Å². The summed E-state index contributed by atoms with van der Waals surface area (Å²) in [6, 6.07) is 9.63. The van der Waals surface area contributed by atoms with E-state index in [0.29, 0.717) is 12.1 Å². The largest absolute Gasteiger partial charge is 0.326 e. The van der Waals surface area contributed by atoms with Crippen molar-refractivity contribution in [2.24, 2.45) is 0 Å². The number of carbonyl (C=O) groups excluding carboxylic acids is 1. The Kier molecular flexibility index (Phi) is 4.56. The van der Waals surface area contributed by atoms with Gasteiger partial charge in [0.1, 0.15) is 0 Å². The van der Waals surface area contributed by atoms with E-state index in [1.807, 2.05) is 12.1 Å². The van der Waals surface area contributed by atoms with Crippen LogP contribution in [0.1, 0.15) is 38.2 Å². The summed E-state index contributed by atoms with van der Waals surface area (Å²) in [5, 5.41) is 6.47. The first-order valence-electron chi connectivity index (χ1n) is 8.06. The number of amides is 1. The zero-order valence-electron chi connectivity index (χ0n) is 12.8. The summed E-state index contributed by atoms with van der Waals surface area (Å²) in [5.74, 6) is -0.0188. The summed E-state index contributed by atoms with van der Waals surface area (Å²) in [4.78, 5) is 13.7. The highest BCUT2D eigenvalue weighted by Crippen LogP contribution is 2.26. The molecule has 0 aromatic heterocycles. The number of anilines is 1. The van der Waals surface area contributed by atoms with Crippen molar-refractivity contribution in [3.8, 4) is 0 Å². The van der Waals surface area contributed by atoms with Crippen molar-refractivity contribution < 1.29 is 4.79 Å². The predicted octanol–water partition coefficient (Wildman–Crippen LogP) is 2.36. The monoisotopic (exact) mass is 287 g/mol. The topological polar surface area (TPSA) is 44.4 Å². The van der Waals surface area contributed by atoms with Gasteiger partial charge in [0.25, 0.3) is 0 Å². The molecule has 2 fully saturated rings. The Balaban J connectivity index is 1.61. The molecule has 2 heterocycles. The molecule has 3 rings (SSSR count). The van der Waals surface area contributed by atoms with E-state index in [1.54, 1.807) is 0 Å². The summed E-state index contributed by atoms with van der Waals surface area (Å²) in [6.07, 6.45) is 5.28. The molecule has 0 aliphatic carbocycles. The van der Waals surface area contributed by atoms with Crippen LogP contribution in [-0.4, -0.2) is 36.0 Å². The third kappa shape index (κ3) is 3.63. The second-order valence-electron chi connectivity index (χ2n) is 6.26. The number of carbonyl (C=O) groups is 1. The Bertz CT molecular complexity index is 479. The van der Waals surface area contributed by atoms with E-state index in [0.717, 1.165) is 12.2 Å². The molecule has 2 aliphatic heterocycles. The number of benzene rings is 1. The van der Waals surface area contributed by atoms with Gasteiger partial charge < -0.3 is 10.6 Å². The maximum absolute atomic E-state index is 11.0. The SMILES string of the molecule is CC(=O)Nc1ccc(CN2CCCC2C2CCCN2)cc1. The predicted molar refractivity (Wildman–Crippen MR) is 85.2 cm³/mol. The molecule has 4 heteroatoms. The van der Waals surface area contributed by atoms with E-state index in [-0.39, 0.29) is 5.91 Å². The molecule has 0 saturated carbocycles. The fourth-order valence-corrected chi connectivity index (χ4v) is 3.68. The molecule has 2 N–H and O–H groups in total. The van der Waals surface area contributed by atoms with E-state index in [9.17, 15) is 4.79 Å². The van der Waals surface area contributed by atoms with Crippen LogP contribution in [0.2, 0.25) is 0 Å². The van der Waals surface area contributed by atoms with Gasteiger partial charge in [-0.2, -0.15) is 0 Å². The average Bonchev–Trinajstić information content (AvgIpc) is 3.11. The number of hydrogen-bond acceptors (Lipinski definition) is 3. The molecule has 114 valence electrons. The van der Waals surface area contributed by atoms with Crippen LogP contribution >= 0.6 is 0 Å². The van der Waals surface area contributed by atoms with Crippen molar-refractivity contribution in [1.29, 1.82) is 0 Å². The Hall–Kier alpha value is -1.39. The van der Waals surface area contributed by atoms with Crippen molar-refractivity contribution in [2.75, 3.05) is 18.4 Å². The first-order valence-corrected chi connectivity index (χ1v) is 8.06. The summed E-state index contributed by atoms with van der Waals surface area (Å²) in [6.45, 7) is 4.94. The number of hydrogen-bond donors (Lipinski definition) is 2. The van der Waals surface area contributed by atoms with E-state index >= 15 is 0 Å². The van der Waals surface area contributed by atoms with Gasteiger partial charge in [0, 0.05) is 31.2 Å². The maximum atomic E-state index is 11.0. The average molecular weight is 287 g/mol. The van der Waals surface area contributed by atoms with Crippen molar-refractivity contribution in [2.45, 2.75) is 51.2 Å². The molecule has 4 nitrogen and oxygen atoms in total. The molecule has 1 amide bonds. The minimum atomic E-state index is -0.0188. The van der Waals surface area contributed by atoms with Crippen molar-refractivity contribution >= 4 is 11.6 Å². The maximum Gasteiger partial charge on any atom is 0.221 e. The smallest absolute Gasteiger partial charge is 0.221 e. The molecule has 2 saturated heterocycles. The van der Waals surface area contributed by atoms with Crippen LogP contribution in [0, 0.1) is 0 Å². The van der Waals surface area contributed by atoms with Gasteiger partial charge in [0.15, 0.2) is 0 Å². The lowest BCUT2D eigenvalue weighted by molar-refractivity contribution is -0.114. The van der Waals surface area contributed by atoms with Gasteiger partial charge in [-0.15, -0.1) is 0 Å². The molecule has 0 radical (unpaired) electrons. The Morgan fingerprint density at radius 1 is 1.29 bits per heavy atom. The summed E-state index contributed by atoms with van der Waals surface area (Å²) >= 11 is 0. The highest BCUT2D eigenvalue weighted by molar-refractivity contribution is 5.88. The van der Waals surface area contributed by atoms with Crippen molar-refractivity contribution in [3.63, 3.8) is 0 Å². The highest BCUT2D eigenvalue weighted by Gasteiger charge is 2.32. The molecular weight excluding hydrogens is 262 g/mol. The quantitative estimate of drug-likeness (QED) is 0.893. The van der Waals surface area contributed by atoms with Crippen molar-refractivity contribution in [1.82, 2.24) is 10.2 Å². The summed E-state index contributed by atoms with van der Waals surface area (Å²) in [5.41, 5.74) is 2.20. The second kappa shape index (κ2) is 6.58. The van der Waals surface area contributed by atoms with Gasteiger partial charge >= 0.3 is 0 Å². The van der Waals surface area contributed by atoms with Crippen LogP contribution in [0.5, 0.6) is 0 Å². The second-order valence-corrected chi connectivity index (χ2v) is 6.26. The summed E-state index contributed by atoms with van der Waals surface area (Å²) in [7, 11) is 0. The Morgan fingerprint density at radius 3 is 2.76 bits per heavy atom.